The molecule has 19 heavy (non-hydrogen) atoms. The molecule has 1 aliphatic heterocycles. The van der Waals surface area contributed by atoms with E-state index in [-0.39, 0.29) is 5.91 Å². The first kappa shape index (κ1) is 12.9. The van der Waals surface area contributed by atoms with Crippen molar-refractivity contribution in [1.29, 1.82) is 0 Å². The summed E-state index contributed by atoms with van der Waals surface area (Å²) in [5.74, 6) is 0.701. The van der Waals surface area contributed by atoms with Crippen molar-refractivity contribution >= 4 is 17.5 Å². The van der Waals surface area contributed by atoms with Crippen LogP contribution in [0.2, 0.25) is 5.15 Å². The lowest BCUT2D eigenvalue weighted by molar-refractivity contribution is 0.0384. The summed E-state index contributed by atoms with van der Waals surface area (Å²) in [5.41, 5.74) is 0.413. The van der Waals surface area contributed by atoms with Gasteiger partial charge in [0.2, 0.25) is 0 Å². The molecule has 1 amide bonds. The summed E-state index contributed by atoms with van der Waals surface area (Å²) in [7, 11) is 0. The van der Waals surface area contributed by atoms with Gasteiger partial charge in [0.25, 0.3) is 5.91 Å². The maximum absolute atomic E-state index is 12.5. The second-order valence-electron chi connectivity index (χ2n) is 5.49. The summed E-state index contributed by atoms with van der Waals surface area (Å²) >= 11 is 5.71. The standard InChI is InChI=1S/C14H18ClN3O/c15-13-8-7-11(16-17-13)14(19)18-9-3-5-10-4-1-2-6-12(10)18/h7-8,10,12H,1-6,9H2. The van der Waals surface area contributed by atoms with Gasteiger partial charge in [0.15, 0.2) is 10.8 Å². The van der Waals surface area contributed by atoms with Gasteiger partial charge in [-0.25, -0.2) is 0 Å². The maximum atomic E-state index is 12.5. The number of nitrogens with zero attached hydrogens (tertiary/aromatic N) is 3. The van der Waals surface area contributed by atoms with Gasteiger partial charge < -0.3 is 4.90 Å². The van der Waals surface area contributed by atoms with Gasteiger partial charge in [0, 0.05) is 12.6 Å². The number of amides is 1. The van der Waals surface area contributed by atoms with Crippen LogP contribution >= 0.6 is 11.6 Å². The third-order valence-corrected chi connectivity index (χ3v) is 4.56. The molecule has 4 nitrogen and oxygen atoms in total. The molecule has 5 heteroatoms. The highest BCUT2D eigenvalue weighted by Crippen LogP contribution is 2.35. The van der Waals surface area contributed by atoms with Crippen molar-refractivity contribution in [3.8, 4) is 0 Å². The number of aromatic nitrogens is 2. The Labute approximate surface area is 118 Å². The zero-order valence-electron chi connectivity index (χ0n) is 10.9. The summed E-state index contributed by atoms with van der Waals surface area (Å²) in [4.78, 5) is 14.6. The smallest absolute Gasteiger partial charge is 0.274 e. The average Bonchev–Trinajstić information content (AvgIpc) is 2.47. The fourth-order valence-electron chi connectivity index (χ4n) is 3.45. The van der Waals surface area contributed by atoms with Crippen LogP contribution in [0.5, 0.6) is 0 Å². The molecule has 2 heterocycles. The lowest BCUT2D eigenvalue weighted by Crippen LogP contribution is -2.49. The number of carbonyl (C=O) groups excluding carboxylic acids is 1. The van der Waals surface area contributed by atoms with Crippen molar-refractivity contribution in [2.24, 2.45) is 5.92 Å². The number of hydrogen-bond acceptors (Lipinski definition) is 3. The molecular formula is C14H18ClN3O. The molecule has 0 radical (unpaired) electrons. The molecular weight excluding hydrogens is 262 g/mol. The Morgan fingerprint density at radius 3 is 2.74 bits per heavy atom. The number of rotatable bonds is 1. The van der Waals surface area contributed by atoms with E-state index in [1.54, 1.807) is 12.1 Å². The number of halogens is 1. The van der Waals surface area contributed by atoms with Gasteiger partial charge in [-0.1, -0.05) is 24.4 Å². The van der Waals surface area contributed by atoms with Crippen LogP contribution in [0.3, 0.4) is 0 Å². The summed E-state index contributed by atoms with van der Waals surface area (Å²) in [6.07, 6.45) is 7.31. The van der Waals surface area contributed by atoms with Gasteiger partial charge in [0.1, 0.15) is 0 Å². The van der Waals surface area contributed by atoms with E-state index in [1.807, 2.05) is 4.90 Å². The molecule has 3 rings (SSSR count). The van der Waals surface area contributed by atoms with Crippen molar-refractivity contribution < 1.29 is 4.79 Å². The molecule has 1 saturated heterocycles. The van der Waals surface area contributed by atoms with Crippen LogP contribution in [-0.2, 0) is 0 Å². The van der Waals surface area contributed by atoms with E-state index in [2.05, 4.69) is 10.2 Å². The minimum atomic E-state index is 0.0146. The topological polar surface area (TPSA) is 46.1 Å². The van der Waals surface area contributed by atoms with Gasteiger partial charge in [-0.15, -0.1) is 10.2 Å². The van der Waals surface area contributed by atoms with Crippen molar-refractivity contribution in [3.05, 3.63) is 23.0 Å². The monoisotopic (exact) mass is 279 g/mol. The Kier molecular flexibility index (Phi) is 3.69. The van der Waals surface area contributed by atoms with E-state index in [4.69, 9.17) is 11.6 Å². The number of likely N-dealkylation sites (tertiary alicyclic amines) is 1. The van der Waals surface area contributed by atoms with E-state index >= 15 is 0 Å². The van der Waals surface area contributed by atoms with Gasteiger partial charge >= 0.3 is 0 Å². The number of carbonyl (C=O) groups is 1. The fourth-order valence-corrected chi connectivity index (χ4v) is 3.55. The lowest BCUT2D eigenvalue weighted by atomic mass is 9.78. The predicted molar refractivity (Wildman–Crippen MR) is 73.1 cm³/mol. The zero-order chi connectivity index (χ0) is 13.2. The average molecular weight is 280 g/mol. The first-order chi connectivity index (χ1) is 9.25. The Morgan fingerprint density at radius 2 is 1.95 bits per heavy atom. The first-order valence-electron chi connectivity index (χ1n) is 7.06. The predicted octanol–water partition coefficient (Wildman–Crippen LogP) is 2.92. The van der Waals surface area contributed by atoms with Crippen LogP contribution in [0.25, 0.3) is 0 Å². The Bertz CT molecular complexity index is 460. The summed E-state index contributed by atoms with van der Waals surface area (Å²) in [6.45, 7) is 0.851. The van der Waals surface area contributed by atoms with Crippen molar-refractivity contribution in [2.45, 2.75) is 44.6 Å². The quantitative estimate of drug-likeness (QED) is 0.794. The van der Waals surface area contributed by atoms with Gasteiger partial charge in [-0.2, -0.15) is 0 Å². The highest BCUT2D eigenvalue weighted by molar-refractivity contribution is 6.29. The molecule has 102 valence electrons. The molecule has 2 aliphatic rings. The molecule has 1 aliphatic carbocycles. The van der Waals surface area contributed by atoms with Gasteiger partial charge in [-0.3, -0.25) is 4.79 Å². The normalized spacial score (nSPS) is 26.9. The van der Waals surface area contributed by atoms with E-state index in [9.17, 15) is 4.79 Å². The molecule has 0 aromatic carbocycles. The maximum Gasteiger partial charge on any atom is 0.274 e. The molecule has 2 atom stereocenters. The molecule has 1 aromatic heterocycles. The van der Waals surface area contributed by atoms with Gasteiger partial charge in [0.05, 0.1) is 0 Å². The molecule has 1 aromatic rings. The van der Waals surface area contributed by atoms with Gasteiger partial charge in [-0.05, 0) is 43.7 Å². The van der Waals surface area contributed by atoms with E-state index in [1.165, 1.54) is 25.7 Å². The second kappa shape index (κ2) is 5.45. The summed E-state index contributed by atoms with van der Waals surface area (Å²) in [6, 6.07) is 3.71. The third kappa shape index (κ3) is 2.59. The third-order valence-electron chi connectivity index (χ3n) is 4.36. The summed E-state index contributed by atoms with van der Waals surface area (Å²) < 4.78 is 0. The molecule has 0 N–H and O–H groups in total. The van der Waals surface area contributed by atoms with Crippen LogP contribution in [0.15, 0.2) is 12.1 Å². The van der Waals surface area contributed by atoms with E-state index < -0.39 is 0 Å². The van der Waals surface area contributed by atoms with Crippen molar-refractivity contribution in [1.82, 2.24) is 15.1 Å². The van der Waals surface area contributed by atoms with E-state index in [0.717, 1.165) is 19.4 Å². The Morgan fingerprint density at radius 1 is 1.16 bits per heavy atom. The molecule has 2 fully saturated rings. The molecule has 2 unspecified atom stereocenters. The minimum Gasteiger partial charge on any atom is -0.334 e. The van der Waals surface area contributed by atoms with Crippen LogP contribution < -0.4 is 0 Å². The largest absolute Gasteiger partial charge is 0.334 e. The van der Waals surface area contributed by atoms with Crippen molar-refractivity contribution in [2.75, 3.05) is 6.54 Å². The van der Waals surface area contributed by atoms with Crippen LogP contribution in [0.1, 0.15) is 49.0 Å². The second-order valence-corrected chi connectivity index (χ2v) is 5.88. The Balaban J connectivity index is 1.79. The fraction of sp³-hybridized carbons (Fsp3) is 0.643. The molecule has 0 spiro atoms. The number of hydrogen-bond donors (Lipinski definition) is 0. The van der Waals surface area contributed by atoms with Crippen LogP contribution in [-0.4, -0.2) is 33.6 Å². The highest BCUT2D eigenvalue weighted by Gasteiger charge is 2.36. The Hall–Kier alpha value is -1.16. The molecule has 1 saturated carbocycles. The van der Waals surface area contributed by atoms with Crippen LogP contribution in [0, 0.1) is 5.92 Å². The number of fused-ring (bicyclic) bond motifs is 1. The van der Waals surface area contributed by atoms with Crippen LogP contribution in [0.4, 0.5) is 0 Å². The molecule has 0 bridgehead atoms. The minimum absolute atomic E-state index is 0.0146. The first-order valence-corrected chi connectivity index (χ1v) is 7.44. The SMILES string of the molecule is O=C(c1ccc(Cl)nn1)N1CCCC2CCCCC21. The zero-order valence-corrected chi connectivity index (χ0v) is 11.6. The van der Waals surface area contributed by atoms with E-state index in [0.29, 0.717) is 22.8 Å². The highest BCUT2D eigenvalue weighted by atomic mass is 35.5. The number of piperidine rings is 1. The van der Waals surface area contributed by atoms with Crippen molar-refractivity contribution in [3.63, 3.8) is 0 Å². The lowest BCUT2D eigenvalue weighted by Gasteiger charge is -2.43. The summed E-state index contributed by atoms with van der Waals surface area (Å²) in [5, 5.41) is 8.01.